The molecule has 0 radical (unpaired) electrons. The van der Waals surface area contributed by atoms with Crippen LogP contribution in [0.3, 0.4) is 0 Å². The zero-order valence-corrected chi connectivity index (χ0v) is 24.5. The number of anilines is 1. The lowest BCUT2D eigenvalue weighted by atomic mass is 10.0. The lowest BCUT2D eigenvalue weighted by Gasteiger charge is -2.36. The van der Waals surface area contributed by atoms with E-state index >= 15 is 0 Å². The van der Waals surface area contributed by atoms with Crippen LogP contribution in [0.4, 0.5) is 10.5 Å². The summed E-state index contributed by atoms with van der Waals surface area (Å²) in [5, 5.41) is 2.95. The topological polar surface area (TPSA) is 117 Å². The summed E-state index contributed by atoms with van der Waals surface area (Å²) >= 11 is 0. The number of likely N-dealkylation sites (N-methyl/N-ethyl adjacent to an activating group) is 1. The number of fused-ring (bicyclic) bond motifs is 1. The number of hydrogen-bond acceptors (Lipinski definition) is 6. The first-order valence-corrected chi connectivity index (χ1v) is 14.5. The summed E-state index contributed by atoms with van der Waals surface area (Å²) in [6.45, 7) is 10.4. The van der Waals surface area contributed by atoms with Crippen molar-refractivity contribution in [3.63, 3.8) is 0 Å². The zero-order valence-electron chi connectivity index (χ0n) is 23.7. The van der Waals surface area contributed by atoms with Gasteiger partial charge in [-0.05, 0) is 58.0 Å². The lowest BCUT2D eigenvalue weighted by Crippen LogP contribution is -2.52. The first kappa shape index (κ1) is 30.2. The summed E-state index contributed by atoms with van der Waals surface area (Å²) in [6, 6.07) is 10.5. The largest absolute Gasteiger partial charge is 0.491 e. The molecular weight excluding hydrogens is 520 g/mol. The molecule has 0 fully saturated rings. The Morgan fingerprint density at radius 2 is 1.77 bits per heavy atom. The Labute approximate surface area is 231 Å². The molecular formula is C28H40N4O6S. The van der Waals surface area contributed by atoms with Gasteiger partial charge in [-0.15, -0.1) is 0 Å². The van der Waals surface area contributed by atoms with Crippen LogP contribution in [-0.4, -0.2) is 82.2 Å². The van der Waals surface area contributed by atoms with Crippen LogP contribution in [-0.2, 0) is 14.8 Å². The summed E-state index contributed by atoms with van der Waals surface area (Å²) in [5.74, 6) is -0.126. The van der Waals surface area contributed by atoms with Crippen LogP contribution in [0.2, 0.25) is 0 Å². The van der Waals surface area contributed by atoms with Crippen molar-refractivity contribution < 1.29 is 27.5 Å². The first-order chi connectivity index (χ1) is 18.3. The number of methoxy groups -OCH3 is 1. The molecule has 11 heteroatoms. The van der Waals surface area contributed by atoms with E-state index in [1.165, 1.54) is 23.1 Å². The van der Waals surface area contributed by atoms with Crippen molar-refractivity contribution in [1.29, 1.82) is 0 Å². The van der Waals surface area contributed by atoms with E-state index in [1.54, 1.807) is 43.3 Å². The molecule has 2 N–H and O–H groups in total. The summed E-state index contributed by atoms with van der Waals surface area (Å²) in [7, 11) is -0.626. The number of nitrogens with one attached hydrogen (secondary N) is 2. The number of aryl methyl sites for hydroxylation is 1. The number of sulfonamides is 1. The van der Waals surface area contributed by atoms with E-state index in [0.29, 0.717) is 12.3 Å². The maximum atomic E-state index is 13.6. The van der Waals surface area contributed by atoms with Crippen molar-refractivity contribution in [2.45, 2.75) is 57.7 Å². The molecule has 2 aromatic rings. The molecule has 0 unspecified atom stereocenters. The van der Waals surface area contributed by atoms with Crippen molar-refractivity contribution in [2.75, 3.05) is 38.6 Å². The van der Waals surface area contributed by atoms with E-state index in [0.717, 1.165) is 5.56 Å². The Morgan fingerprint density at radius 3 is 2.38 bits per heavy atom. The van der Waals surface area contributed by atoms with Gasteiger partial charge >= 0.3 is 6.03 Å². The SMILES string of the molecule is CO[C@H]1CN(C)C(=O)c2cc(NS(=O)(=O)c3ccc(C)cc3)ccc2OC[C@@H](C)N(C(=O)NC(C)C)C[C@@H]1C. The number of carbonyl (C=O) groups is 2. The molecule has 10 nitrogen and oxygen atoms in total. The third-order valence-corrected chi connectivity index (χ3v) is 8.10. The van der Waals surface area contributed by atoms with E-state index in [4.69, 9.17) is 9.47 Å². The van der Waals surface area contributed by atoms with Crippen LogP contribution < -0.4 is 14.8 Å². The third kappa shape index (κ3) is 7.63. The first-order valence-electron chi connectivity index (χ1n) is 13.0. The van der Waals surface area contributed by atoms with Gasteiger partial charge in [0.2, 0.25) is 0 Å². The Morgan fingerprint density at radius 1 is 1.10 bits per heavy atom. The average molecular weight is 561 g/mol. The molecule has 0 aromatic heterocycles. The second kappa shape index (κ2) is 12.7. The Balaban J connectivity index is 1.97. The molecule has 2 aromatic carbocycles. The predicted molar refractivity (Wildman–Crippen MR) is 151 cm³/mol. The van der Waals surface area contributed by atoms with Crippen LogP contribution in [0.1, 0.15) is 43.6 Å². The molecule has 3 atom stereocenters. The van der Waals surface area contributed by atoms with Gasteiger partial charge < -0.3 is 24.6 Å². The van der Waals surface area contributed by atoms with Gasteiger partial charge in [0, 0.05) is 44.9 Å². The number of urea groups is 1. The summed E-state index contributed by atoms with van der Waals surface area (Å²) in [5.41, 5.74) is 1.38. The summed E-state index contributed by atoms with van der Waals surface area (Å²) in [4.78, 5) is 30.0. The third-order valence-electron chi connectivity index (χ3n) is 6.70. The van der Waals surface area contributed by atoms with Gasteiger partial charge in [0.05, 0.1) is 22.6 Å². The molecule has 0 bridgehead atoms. The molecule has 1 heterocycles. The number of hydrogen-bond donors (Lipinski definition) is 2. The molecule has 0 saturated heterocycles. The standard InChI is InChI=1S/C28H40N4O6S/c1-18(2)29-28(34)32-15-20(4)26(37-7)16-31(6)27(33)24-14-22(10-13-25(24)38-17-21(32)5)30-39(35,36)23-11-8-19(3)9-12-23/h8-14,18,20-21,26,30H,15-17H2,1-7H3,(H,29,34)/t20-,21+,26-/m0/s1. The van der Waals surface area contributed by atoms with Crippen molar-refractivity contribution in [1.82, 2.24) is 15.1 Å². The minimum Gasteiger partial charge on any atom is -0.491 e. The van der Waals surface area contributed by atoms with Crippen LogP contribution in [0.25, 0.3) is 0 Å². The minimum atomic E-state index is -3.87. The van der Waals surface area contributed by atoms with Gasteiger partial charge in [-0.3, -0.25) is 9.52 Å². The minimum absolute atomic E-state index is 0.0351. The number of carbonyl (C=O) groups excluding carboxylic acids is 2. The van der Waals surface area contributed by atoms with Gasteiger partial charge in [0.1, 0.15) is 12.4 Å². The van der Waals surface area contributed by atoms with E-state index in [1.807, 2.05) is 34.6 Å². The predicted octanol–water partition coefficient (Wildman–Crippen LogP) is 3.72. The molecule has 3 amide bonds. The normalized spacial score (nSPS) is 20.9. The van der Waals surface area contributed by atoms with Crippen LogP contribution in [0, 0.1) is 12.8 Å². The van der Waals surface area contributed by atoms with Crippen LogP contribution in [0.15, 0.2) is 47.4 Å². The Bertz CT molecular complexity index is 1270. The molecule has 3 rings (SSSR count). The summed E-state index contributed by atoms with van der Waals surface area (Å²) < 4.78 is 40.3. The molecule has 1 aliphatic heterocycles. The highest BCUT2D eigenvalue weighted by Crippen LogP contribution is 2.28. The molecule has 1 aliphatic rings. The second-order valence-electron chi connectivity index (χ2n) is 10.5. The second-order valence-corrected chi connectivity index (χ2v) is 12.2. The summed E-state index contributed by atoms with van der Waals surface area (Å²) in [6.07, 6.45) is -0.340. The molecule has 0 saturated carbocycles. The zero-order chi connectivity index (χ0) is 28.9. The Kier molecular flexibility index (Phi) is 9.84. The van der Waals surface area contributed by atoms with Crippen molar-refractivity contribution >= 4 is 27.6 Å². The smallest absolute Gasteiger partial charge is 0.317 e. The van der Waals surface area contributed by atoms with Crippen molar-refractivity contribution in [3.8, 4) is 5.75 Å². The fourth-order valence-corrected chi connectivity index (χ4v) is 5.43. The van der Waals surface area contributed by atoms with E-state index in [2.05, 4.69) is 10.0 Å². The van der Waals surface area contributed by atoms with E-state index in [-0.39, 0.29) is 65.3 Å². The molecule has 0 aliphatic carbocycles. The van der Waals surface area contributed by atoms with E-state index < -0.39 is 10.0 Å². The van der Waals surface area contributed by atoms with Gasteiger partial charge in [0.25, 0.3) is 15.9 Å². The van der Waals surface area contributed by atoms with Crippen molar-refractivity contribution in [3.05, 3.63) is 53.6 Å². The van der Waals surface area contributed by atoms with Gasteiger partial charge in [-0.25, -0.2) is 13.2 Å². The fraction of sp³-hybridized carbons (Fsp3) is 0.500. The maximum absolute atomic E-state index is 13.6. The highest BCUT2D eigenvalue weighted by atomic mass is 32.2. The molecule has 214 valence electrons. The van der Waals surface area contributed by atoms with Crippen LogP contribution >= 0.6 is 0 Å². The highest BCUT2D eigenvalue weighted by Gasteiger charge is 2.31. The fourth-order valence-electron chi connectivity index (χ4n) is 4.38. The number of amides is 3. The van der Waals surface area contributed by atoms with Gasteiger partial charge in [-0.1, -0.05) is 24.6 Å². The van der Waals surface area contributed by atoms with E-state index in [9.17, 15) is 18.0 Å². The van der Waals surface area contributed by atoms with Gasteiger partial charge in [-0.2, -0.15) is 0 Å². The van der Waals surface area contributed by atoms with Crippen molar-refractivity contribution in [2.24, 2.45) is 5.92 Å². The van der Waals surface area contributed by atoms with Crippen LogP contribution in [0.5, 0.6) is 5.75 Å². The number of benzene rings is 2. The maximum Gasteiger partial charge on any atom is 0.317 e. The van der Waals surface area contributed by atoms with Gasteiger partial charge in [0.15, 0.2) is 0 Å². The lowest BCUT2D eigenvalue weighted by molar-refractivity contribution is 0.0165. The number of rotatable bonds is 5. The monoisotopic (exact) mass is 560 g/mol. The quantitative estimate of drug-likeness (QED) is 0.576. The average Bonchev–Trinajstić information content (AvgIpc) is 2.87. The molecule has 39 heavy (non-hydrogen) atoms. The number of nitrogens with zero attached hydrogens (tertiary/aromatic N) is 2. The number of ether oxygens (including phenoxy) is 2. The molecule has 0 spiro atoms. The highest BCUT2D eigenvalue weighted by molar-refractivity contribution is 7.92. The Hall–Kier alpha value is -3.31.